The summed E-state index contributed by atoms with van der Waals surface area (Å²) < 4.78 is 27.1. The minimum absolute atomic E-state index is 0.0573. The molecule has 1 heterocycles. The summed E-state index contributed by atoms with van der Waals surface area (Å²) in [5.41, 5.74) is 0.903. The average Bonchev–Trinajstić information content (AvgIpc) is 2.95. The zero-order valence-corrected chi connectivity index (χ0v) is 21.0. The fraction of sp³-hybridized carbons (Fsp3) is 0.348. The van der Waals surface area contributed by atoms with E-state index >= 15 is 0 Å². The van der Waals surface area contributed by atoms with Gasteiger partial charge in [0.25, 0.3) is 15.9 Å². The molecule has 1 aliphatic rings. The maximum absolute atomic E-state index is 13.2. The zero-order valence-electron chi connectivity index (χ0n) is 18.6. The summed E-state index contributed by atoms with van der Waals surface area (Å²) in [4.78, 5) is 39.8. The molecular weight excluding hydrogens is 510 g/mol. The molecule has 3 amide bonds. The van der Waals surface area contributed by atoms with Crippen LogP contribution in [0.15, 0.2) is 57.9 Å². The van der Waals surface area contributed by atoms with Crippen molar-refractivity contribution in [2.45, 2.75) is 50.7 Å². The third-order valence-electron chi connectivity index (χ3n) is 5.28. The average molecular weight is 536 g/mol. The Morgan fingerprint density at radius 1 is 1.09 bits per heavy atom. The molecule has 0 aromatic heterocycles. The SMILES string of the molecule is CC(C)NC(=O)[C@H](C)N(Cc1cccc(Br)c1)C(=O)CCN1C(=O)c2ccccc2S1(=O)=O. The Labute approximate surface area is 202 Å². The van der Waals surface area contributed by atoms with Gasteiger partial charge in [-0.25, -0.2) is 12.7 Å². The molecule has 0 fully saturated rings. The molecule has 1 aliphatic heterocycles. The summed E-state index contributed by atoms with van der Waals surface area (Å²) in [6.07, 6.45) is -0.244. The first-order valence-electron chi connectivity index (χ1n) is 10.5. The monoisotopic (exact) mass is 535 g/mol. The van der Waals surface area contributed by atoms with E-state index < -0.39 is 27.9 Å². The van der Waals surface area contributed by atoms with Crippen molar-refractivity contribution >= 4 is 43.7 Å². The molecule has 2 aromatic carbocycles. The number of amides is 3. The Morgan fingerprint density at radius 3 is 2.42 bits per heavy atom. The molecule has 0 saturated carbocycles. The fourth-order valence-electron chi connectivity index (χ4n) is 3.61. The normalized spacial score (nSPS) is 15.3. The van der Waals surface area contributed by atoms with Crippen LogP contribution in [0, 0.1) is 0 Å². The molecule has 0 saturated heterocycles. The van der Waals surface area contributed by atoms with Crippen molar-refractivity contribution in [1.82, 2.24) is 14.5 Å². The summed E-state index contributed by atoms with van der Waals surface area (Å²) in [6, 6.07) is 12.4. The summed E-state index contributed by atoms with van der Waals surface area (Å²) in [7, 11) is -4.01. The molecule has 8 nitrogen and oxygen atoms in total. The molecule has 2 aromatic rings. The van der Waals surface area contributed by atoms with E-state index in [1.165, 1.54) is 17.0 Å². The number of carbonyl (C=O) groups is 3. The van der Waals surface area contributed by atoms with Crippen LogP contribution in [0.25, 0.3) is 0 Å². The Balaban J connectivity index is 1.80. The zero-order chi connectivity index (χ0) is 24.3. The van der Waals surface area contributed by atoms with Crippen molar-refractivity contribution in [3.05, 3.63) is 64.1 Å². The van der Waals surface area contributed by atoms with E-state index in [9.17, 15) is 22.8 Å². The topological polar surface area (TPSA) is 104 Å². The van der Waals surface area contributed by atoms with Crippen molar-refractivity contribution in [2.24, 2.45) is 0 Å². The van der Waals surface area contributed by atoms with Crippen molar-refractivity contribution < 1.29 is 22.8 Å². The summed E-state index contributed by atoms with van der Waals surface area (Å²) in [5.74, 6) is -1.39. The van der Waals surface area contributed by atoms with Gasteiger partial charge >= 0.3 is 0 Å². The van der Waals surface area contributed by atoms with Crippen molar-refractivity contribution in [1.29, 1.82) is 0 Å². The Hall–Kier alpha value is -2.72. The number of hydrogen-bond donors (Lipinski definition) is 1. The standard InChI is InChI=1S/C23H26BrN3O5S/c1-15(2)25-22(29)16(3)26(14-17-7-6-8-18(24)13-17)21(28)11-12-27-23(30)19-9-4-5-10-20(19)33(27,31)32/h4-10,13,15-16H,11-12,14H2,1-3H3,(H,25,29)/t16-/m0/s1. The van der Waals surface area contributed by atoms with Crippen LogP contribution in [0.2, 0.25) is 0 Å². The first-order chi connectivity index (χ1) is 15.5. The number of rotatable bonds is 8. The lowest BCUT2D eigenvalue weighted by atomic mass is 10.1. The van der Waals surface area contributed by atoms with Gasteiger partial charge < -0.3 is 10.2 Å². The Bertz CT molecular complexity index is 1180. The molecule has 0 aliphatic carbocycles. The minimum Gasteiger partial charge on any atom is -0.352 e. The largest absolute Gasteiger partial charge is 0.352 e. The van der Waals surface area contributed by atoms with Gasteiger partial charge in [0.05, 0.1) is 5.56 Å². The van der Waals surface area contributed by atoms with Gasteiger partial charge in [0.2, 0.25) is 11.8 Å². The molecule has 0 bridgehead atoms. The van der Waals surface area contributed by atoms with E-state index in [0.717, 1.165) is 14.3 Å². The molecule has 0 spiro atoms. The summed E-state index contributed by atoms with van der Waals surface area (Å²) in [5, 5.41) is 2.80. The molecule has 33 heavy (non-hydrogen) atoms. The van der Waals surface area contributed by atoms with Gasteiger partial charge in [0, 0.05) is 30.0 Å². The van der Waals surface area contributed by atoms with Crippen molar-refractivity contribution in [3.63, 3.8) is 0 Å². The third-order valence-corrected chi connectivity index (χ3v) is 7.61. The van der Waals surface area contributed by atoms with Crippen LogP contribution in [0.5, 0.6) is 0 Å². The molecule has 1 atom stereocenters. The predicted octanol–water partition coefficient (Wildman–Crippen LogP) is 2.93. The van der Waals surface area contributed by atoms with Crippen LogP contribution in [-0.2, 0) is 26.2 Å². The molecule has 0 unspecified atom stereocenters. The highest BCUT2D eigenvalue weighted by Crippen LogP contribution is 2.30. The first kappa shape index (κ1) is 24.9. The highest BCUT2D eigenvalue weighted by Gasteiger charge is 2.41. The minimum atomic E-state index is -4.01. The molecule has 10 heteroatoms. The van der Waals surface area contributed by atoms with E-state index in [0.29, 0.717) is 0 Å². The lowest BCUT2D eigenvalue weighted by molar-refractivity contribution is -0.140. The fourth-order valence-corrected chi connectivity index (χ4v) is 5.63. The lowest BCUT2D eigenvalue weighted by Crippen LogP contribution is -2.49. The number of sulfonamides is 1. The maximum Gasteiger partial charge on any atom is 0.269 e. The van der Waals surface area contributed by atoms with Crippen LogP contribution in [0.3, 0.4) is 0 Å². The van der Waals surface area contributed by atoms with Gasteiger partial charge in [-0.3, -0.25) is 14.4 Å². The summed E-state index contributed by atoms with van der Waals surface area (Å²) >= 11 is 3.40. The van der Waals surface area contributed by atoms with Crippen LogP contribution >= 0.6 is 15.9 Å². The van der Waals surface area contributed by atoms with E-state index in [2.05, 4.69) is 21.2 Å². The number of fused-ring (bicyclic) bond motifs is 1. The second kappa shape index (κ2) is 10.0. The van der Waals surface area contributed by atoms with Gasteiger partial charge in [-0.2, -0.15) is 0 Å². The number of halogens is 1. The first-order valence-corrected chi connectivity index (χ1v) is 12.8. The molecule has 1 N–H and O–H groups in total. The van der Waals surface area contributed by atoms with Crippen LogP contribution in [0.4, 0.5) is 0 Å². The van der Waals surface area contributed by atoms with Crippen molar-refractivity contribution in [3.8, 4) is 0 Å². The van der Waals surface area contributed by atoms with Crippen LogP contribution in [0.1, 0.15) is 43.1 Å². The molecule has 176 valence electrons. The molecular formula is C23H26BrN3O5S. The second-order valence-electron chi connectivity index (χ2n) is 8.12. The molecule has 0 radical (unpaired) electrons. The molecule has 3 rings (SSSR count). The van der Waals surface area contributed by atoms with Gasteiger partial charge in [0.15, 0.2) is 0 Å². The maximum atomic E-state index is 13.2. The smallest absolute Gasteiger partial charge is 0.269 e. The summed E-state index contributed by atoms with van der Waals surface area (Å²) in [6.45, 7) is 5.13. The van der Waals surface area contributed by atoms with Gasteiger partial charge in [-0.15, -0.1) is 0 Å². The van der Waals surface area contributed by atoms with Crippen LogP contribution < -0.4 is 5.32 Å². The number of carbonyl (C=O) groups excluding carboxylic acids is 3. The van der Waals surface area contributed by atoms with Gasteiger partial charge in [0.1, 0.15) is 10.9 Å². The highest BCUT2D eigenvalue weighted by atomic mass is 79.9. The number of benzene rings is 2. The van der Waals surface area contributed by atoms with Crippen LogP contribution in [-0.4, -0.2) is 54.0 Å². The number of nitrogens with zero attached hydrogens (tertiary/aromatic N) is 2. The quantitative estimate of drug-likeness (QED) is 0.559. The van der Waals surface area contributed by atoms with Gasteiger partial charge in [-0.05, 0) is 50.6 Å². The Kier molecular flexibility index (Phi) is 7.58. The van der Waals surface area contributed by atoms with E-state index in [1.807, 2.05) is 38.1 Å². The van der Waals surface area contributed by atoms with E-state index in [1.54, 1.807) is 19.1 Å². The van der Waals surface area contributed by atoms with E-state index in [-0.39, 0.29) is 41.9 Å². The lowest BCUT2D eigenvalue weighted by Gasteiger charge is -2.30. The van der Waals surface area contributed by atoms with Crippen molar-refractivity contribution in [2.75, 3.05) is 6.54 Å². The number of hydrogen-bond acceptors (Lipinski definition) is 5. The second-order valence-corrected chi connectivity index (χ2v) is 10.9. The van der Waals surface area contributed by atoms with Gasteiger partial charge in [-0.1, -0.05) is 40.2 Å². The third kappa shape index (κ3) is 5.44. The number of nitrogens with one attached hydrogen (secondary N) is 1. The highest BCUT2D eigenvalue weighted by molar-refractivity contribution is 9.10. The predicted molar refractivity (Wildman–Crippen MR) is 127 cm³/mol. The Morgan fingerprint density at radius 2 is 1.79 bits per heavy atom. The van der Waals surface area contributed by atoms with E-state index in [4.69, 9.17) is 0 Å².